The molecule has 0 radical (unpaired) electrons. The standard InChI is InChI=1S/C23H33N3O2S/c1-18-25-21(17-29-18)16-26-13-11-20(12-14-26)15-24-23(27)6-4-3-5-19-7-9-22(28-2)10-8-19/h7-10,17,20H,3-6,11-16H2,1-2H3,(H,24,27). The number of ether oxygens (including phenoxy) is 1. The summed E-state index contributed by atoms with van der Waals surface area (Å²) in [5.41, 5.74) is 2.49. The fraction of sp³-hybridized carbons (Fsp3) is 0.565. The number of nitrogens with one attached hydrogen (secondary N) is 1. The number of aromatic nitrogens is 1. The third-order valence-electron chi connectivity index (χ3n) is 5.63. The Morgan fingerprint density at radius 1 is 1.24 bits per heavy atom. The lowest BCUT2D eigenvalue weighted by Gasteiger charge is -2.31. The van der Waals surface area contributed by atoms with Crippen molar-refractivity contribution in [3.05, 3.63) is 45.9 Å². The first-order chi connectivity index (χ1) is 14.1. The Bertz CT molecular complexity index is 752. The van der Waals surface area contributed by atoms with Gasteiger partial charge in [0.25, 0.3) is 0 Å². The number of carbonyl (C=O) groups is 1. The minimum atomic E-state index is 0.195. The third-order valence-corrected chi connectivity index (χ3v) is 6.45. The largest absolute Gasteiger partial charge is 0.497 e. The van der Waals surface area contributed by atoms with Crippen LogP contribution in [0.2, 0.25) is 0 Å². The van der Waals surface area contributed by atoms with E-state index in [-0.39, 0.29) is 5.91 Å². The molecule has 3 rings (SSSR count). The van der Waals surface area contributed by atoms with Crippen molar-refractivity contribution in [3.63, 3.8) is 0 Å². The number of unbranched alkanes of at least 4 members (excludes halogenated alkanes) is 1. The minimum absolute atomic E-state index is 0.195. The fourth-order valence-corrected chi connectivity index (χ4v) is 4.42. The highest BCUT2D eigenvalue weighted by molar-refractivity contribution is 7.09. The maximum atomic E-state index is 12.1. The van der Waals surface area contributed by atoms with Crippen molar-refractivity contribution < 1.29 is 9.53 Å². The summed E-state index contributed by atoms with van der Waals surface area (Å²) in [4.78, 5) is 19.2. The number of hydrogen-bond acceptors (Lipinski definition) is 5. The summed E-state index contributed by atoms with van der Waals surface area (Å²) in [6, 6.07) is 8.18. The number of likely N-dealkylation sites (tertiary alicyclic amines) is 1. The van der Waals surface area contributed by atoms with Gasteiger partial charge >= 0.3 is 0 Å². The molecule has 1 aliphatic heterocycles. The summed E-state index contributed by atoms with van der Waals surface area (Å²) in [6.45, 7) is 6.03. The van der Waals surface area contributed by atoms with Crippen molar-refractivity contribution in [2.45, 2.75) is 52.0 Å². The molecule has 1 amide bonds. The Morgan fingerprint density at radius 3 is 2.66 bits per heavy atom. The smallest absolute Gasteiger partial charge is 0.220 e. The molecule has 1 aromatic carbocycles. The molecule has 1 aromatic heterocycles. The molecule has 0 aliphatic carbocycles. The molecule has 0 saturated carbocycles. The van der Waals surface area contributed by atoms with Crippen molar-refractivity contribution in [1.29, 1.82) is 0 Å². The van der Waals surface area contributed by atoms with Gasteiger partial charge in [0.1, 0.15) is 5.75 Å². The number of benzene rings is 1. The van der Waals surface area contributed by atoms with Crippen LogP contribution in [-0.2, 0) is 17.8 Å². The second-order valence-electron chi connectivity index (χ2n) is 7.94. The molecular weight excluding hydrogens is 382 g/mol. The van der Waals surface area contributed by atoms with Gasteiger partial charge in [0.05, 0.1) is 17.8 Å². The zero-order valence-electron chi connectivity index (χ0n) is 17.7. The Kier molecular flexibility index (Phi) is 8.50. The van der Waals surface area contributed by atoms with Crippen LogP contribution in [0.3, 0.4) is 0 Å². The van der Waals surface area contributed by atoms with Crippen LogP contribution in [0.5, 0.6) is 5.75 Å². The van der Waals surface area contributed by atoms with Crippen LogP contribution >= 0.6 is 11.3 Å². The molecule has 1 N–H and O–H groups in total. The number of aryl methyl sites for hydroxylation is 2. The van der Waals surface area contributed by atoms with E-state index in [0.29, 0.717) is 12.3 Å². The zero-order chi connectivity index (χ0) is 20.5. The predicted molar refractivity (Wildman–Crippen MR) is 118 cm³/mol. The molecule has 0 spiro atoms. The van der Waals surface area contributed by atoms with Gasteiger partial charge in [-0.2, -0.15) is 0 Å². The second-order valence-corrected chi connectivity index (χ2v) is 9.00. The van der Waals surface area contributed by atoms with Crippen molar-refractivity contribution in [2.24, 2.45) is 5.92 Å². The van der Waals surface area contributed by atoms with Crippen molar-refractivity contribution in [2.75, 3.05) is 26.7 Å². The number of nitrogens with zero attached hydrogens (tertiary/aromatic N) is 2. The summed E-state index contributed by atoms with van der Waals surface area (Å²) in [7, 11) is 1.68. The van der Waals surface area contributed by atoms with Gasteiger partial charge in [0.15, 0.2) is 0 Å². The predicted octanol–water partition coefficient (Wildman–Crippen LogP) is 4.20. The number of carbonyl (C=O) groups excluding carboxylic acids is 1. The molecule has 29 heavy (non-hydrogen) atoms. The first-order valence-corrected chi connectivity index (χ1v) is 11.5. The number of rotatable bonds is 10. The van der Waals surface area contributed by atoms with Gasteiger partial charge in [0, 0.05) is 24.9 Å². The van der Waals surface area contributed by atoms with Gasteiger partial charge in [-0.15, -0.1) is 11.3 Å². The molecule has 1 aliphatic rings. The molecular formula is C23H33N3O2S. The highest BCUT2D eigenvalue weighted by Gasteiger charge is 2.20. The van der Waals surface area contributed by atoms with Gasteiger partial charge in [0.2, 0.25) is 5.91 Å². The van der Waals surface area contributed by atoms with Gasteiger partial charge in [-0.3, -0.25) is 9.69 Å². The highest BCUT2D eigenvalue weighted by Crippen LogP contribution is 2.19. The Labute approximate surface area is 178 Å². The molecule has 0 unspecified atom stereocenters. The molecule has 1 fully saturated rings. The van der Waals surface area contributed by atoms with Gasteiger partial charge in [-0.25, -0.2) is 4.98 Å². The highest BCUT2D eigenvalue weighted by atomic mass is 32.1. The topological polar surface area (TPSA) is 54.5 Å². The van der Waals surface area contributed by atoms with Crippen LogP contribution in [0.15, 0.2) is 29.6 Å². The molecule has 1 saturated heterocycles. The van der Waals surface area contributed by atoms with Crippen molar-refractivity contribution >= 4 is 17.2 Å². The van der Waals surface area contributed by atoms with E-state index in [2.05, 4.69) is 39.6 Å². The van der Waals surface area contributed by atoms with Gasteiger partial charge in [-0.05, 0) is 75.7 Å². The maximum absolute atomic E-state index is 12.1. The van der Waals surface area contributed by atoms with Crippen molar-refractivity contribution in [3.8, 4) is 5.75 Å². The third kappa shape index (κ3) is 7.44. The Morgan fingerprint density at radius 2 is 2.00 bits per heavy atom. The molecule has 2 heterocycles. The molecule has 2 aromatic rings. The molecule has 0 bridgehead atoms. The van der Waals surface area contributed by atoms with E-state index in [1.807, 2.05) is 12.1 Å². The molecule has 5 nitrogen and oxygen atoms in total. The van der Waals surface area contributed by atoms with Crippen LogP contribution in [0, 0.1) is 12.8 Å². The summed E-state index contributed by atoms with van der Waals surface area (Å²) in [6.07, 6.45) is 5.91. The zero-order valence-corrected chi connectivity index (χ0v) is 18.5. The van der Waals surface area contributed by atoms with E-state index in [9.17, 15) is 4.79 Å². The monoisotopic (exact) mass is 415 g/mol. The number of thiazole rings is 1. The van der Waals surface area contributed by atoms with Crippen LogP contribution < -0.4 is 10.1 Å². The number of piperidine rings is 1. The van der Waals surface area contributed by atoms with E-state index in [4.69, 9.17) is 4.74 Å². The number of hydrogen-bond donors (Lipinski definition) is 1. The summed E-state index contributed by atoms with van der Waals surface area (Å²) < 4.78 is 5.18. The quantitative estimate of drug-likeness (QED) is 0.591. The lowest BCUT2D eigenvalue weighted by Crippen LogP contribution is -2.38. The van der Waals surface area contributed by atoms with E-state index >= 15 is 0 Å². The lowest BCUT2D eigenvalue weighted by atomic mass is 9.96. The van der Waals surface area contributed by atoms with Crippen LogP contribution in [0.25, 0.3) is 0 Å². The van der Waals surface area contributed by atoms with E-state index in [1.54, 1.807) is 18.4 Å². The summed E-state index contributed by atoms with van der Waals surface area (Å²) in [5.74, 6) is 1.68. The average molecular weight is 416 g/mol. The first-order valence-electron chi connectivity index (χ1n) is 10.7. The summed E-state index contributed by atoms with van der Waals surface area (Å²) >= 11 is 1.72. The maximum Gasteiger partial charge on any atom is 0.220 e. The van der Waals surface area contributed by atoms with Crippen molar-refractivity contribution in [1.82, 2.24) is 15.2 Å². The molecule has 158 valence electrons. The van der Waals surface area contributed by atoms with Crippen LogP contribution in [0.1, 0.15) is 48.4 Å². The second kappa shape index (κ2) is 11.3. The van der Waals surface area contributed by atoms with Gasteiger partial charge < -0.3 is 10.1 Å². The van der Waals surface area contributed by atoms with E-state index < -0.39 is 0 Å². The molecule has 0 atom stereocenters. The number of methoxy groups -OCH3 is 1. The van der Waals surface area contributed by atoms with E-state index in [1.165, 1.54) is 11.3 Å². The average Bonchev–Trinajstić information content (AvgIpc) is 3.15. The molecule has 6 heteroatoms. The number of amides is 1. The SMILES string of the molecule is COc1ccc(CCCCC(=O)NCC2CCN(Cc3csc(C)n3)CC2)cc1. The summed E-state index contributed by atoms with van der Waals surface area (Å²) in [5, 5.41) is 6.45. The minimum Gasteiger partial charge on any atom is -0.497 e. The fourth-order valence-electron chi connectivity index (χ4n) is 3.81. The Balaban J connectivity index is 1.24. The Hall–Kier alpha value is -1.92. The normalized spacial score (nSPS) is 15.4. The van der Waals surface area contributed by atoms with Gasteiger partial charge in [-0.1, -0.05) is 12.1 Å². The van der Waals surface area contributed by atoms with E-state index in [0.717, 1.165) is 69.0 Å². The first kappa shape index (κ1) is 21.8. The van der Waals surface area contributed by atoms with Crippen LogP contribution in [-0.4, -0.2) is 42.5 Å². The lowest BCUT2D eigenvalue weighted by molar-refractivity contribution is -0.121. The van der Waals surface area contributed by atoms with Crippen LogP contribution in [0.4, 0.5) is 0 Å².